The van der Waals surface area contributed by atoms with E-state index in [4.69, 9.17) is 4.74 Å². The fourth-order valence-electron chi connectivity index (χ4n) is 2.12. The second-order valence-electron chi connectivity index (χ2n) is 4.51. The summed E-state index contributed by atoms with van der Waals surface area (Å²) in [7, 11) is 2.00. The Labute approximate surface area is 97.0 Å². The summed E-state index contributed by atoms with van der Waals surface area (Å²) >= 11 is 0. The Hall–Kier alpha value is -0.870. The number of aromatic nitrogens is 2. The van der Waals surface area contributed by atoms with E-state index in [-0.39, 0.29) is 0 Å². The molecular formula is C12H21N3O. The summed E-state index contributed by atoms with van der Waals surface area (Å²) in [6.45, 7) is 3.82. The number of hydrogen-bond donors (Lipinski definition) is 1. The molecule has 1 aliphatic heterocycles. The molecule has 1 saturated heterocycles. The molecule has 1 unspecified atom stereocenters. The van der Waals surface area contributed by atoms with E-state index in [0.717, 1.165) is 31.3 Å². The number of nitrogens with zero attached hydrogens (tertiary/aromatic N) is 2. The minimum absolute atomic E-state index is 0.629. The van der Waals surface area contributed by atoms with E-state index in [1.54, 1.807) is 0 Å². The van der Waals surface area contributed by atoms with Crippen molar-refractivity contribution in [1.82, 2.24) is 14.9 Å². The van der Waals surface area contributed by atoms with E-state index in [1.807, 2.05) is 24.0 Å². The average molecular weight is 223 g/mol. The predicted molar refractivity (Wildman–Crippen MR) is 63.1 cm³/mol. The Balaban J connectivity index is 1.59. The van der Waals surface area contributed by atoms with Crippen molar-refractivity contribution in [3.63, 3.8) is 0 Å². The van der Waals surface area contributed by atoms with Gasteiger partial charge in [0.2, 0.25) is 0 Å². The third-order valence-electron chi connectivity index (χ3n) is 3.22. The molecule has 1 aromatic heterocycles. The predicted octanol–water partition coefficient (Wildman–Crippen LogP) is 1.33. The summed E-state index contributed by atoms with van der Waals surface area (Å²) in [6.07, 6.45) is 7.58. The summed E-state index contributed by atoms with van der Waals surface area (Å²) in [5.74, 6) is 1.80. The fraction of sp³-hybridized carbons (Fsp3) is 0.750. The quantitative estimate of drug-likeness (QED) is 0.765. The van der Waals surface area contributed by atoms with E-state index in [0.29, 0.717) is 6.61 Å². The molecule has 1 N–H and O–H groups in total. The SMILES string of the molecule is Cn1ccnc1COCCC1CCCNC1. The van der Waals surface area contributed by atoms with Crippen LogP contribution in [0.2, 0.25) is 0 Å². The number of nitrogens with one attached hydrogen (secondary N) is 1. The van der Waals surface area contributed by atoms with E-state index < -0.39 is 0 Å². The highest BCUT2D eigenvalue weighted by Crippen LogP contribution is 2.13. The van der Waals surface area contributed by atoms with E-state index in [1.165, 1.54) is 19.4 Å². The average Bonchev–Trinajstić information content (AvgIpc) is 2.72. The number of hydrogen-bond acceptors (Lipinski definition) is 3. The van der Waals surface area contributed by atoms with Crippen molar-refractivity contribution in [1.29, 1.82) is 0 Å². The molecule has 2 heterocycles. The van der Waals surface area contributed by atoms with Crippen molar-refractivity contribution in [2.75, 3.05) is 19.7 Å². The maximum Gasteiger partial charge on any atom is 0.134 e. The minimum atomic E-state index is 0.629. The van der Waals surface area contributed by atoms with Gasteiger partial charge in [-0.1, -0.05) is 0 Å². The van der Waals surface area contributed by atoms with Crippen LogP contribution in [0.3, 0.4) is 0 Å². The number of aryl methyl sites for hydroxylation is 1. The molecule has 90 valence electrons. The lowest BCUT2D eigenvalue weighted by molar-refractivity contribution is 0.0972. The Morgan fingerprint density at radius 2 is 2.56 bits per heavy atom. The Bertz CT molecular complexity index is 305. The molecule has 1 aliphatic rings. The zero-order valence-electron chi connectivity index (χ0n) is 9.98. The second kappa shape index (κ2) is 6.01. The smallest absolute Gasteiger partial charge is 0.134 e. The molecule has 0 aliphatic carbocycles. The fourth-order valence-corrected chi connectivity index (χ4v) is 2.12. The third-order valence-corrected chi connectivity index (χ3v) is 3.22. The standard InChI is InChI=1S/C12H21N3O/c1-15-7-6-14-12(15)10-16-8-4-11-3-2-5-13-9-11/h6-7,11,13H,2-5,8-10H2,1H3. The highest BCUT2D eigenvalue weighted by molar-refractivity contribution is 4.88. The molecule has 1 atom stereocenters. The molecule has 0 saturated carbocycles. The molecule has 0 bridgehead atoms. The number of imidazole rings is 1. The van der Waals surface area contributed by atoms with Crippen molar-refractivity contribution >= 4 is 0 Å². The van der Waals surface area contributed by atoms with Crippen LogP contribution in [0.4, 0.5) is 0 Å². The zero-order valence-corrected chi connectivity index (χ0v) is 9.98. The third kappa shape index (κ3) is 3.32. The first kappa shape index (κ1) is 11.6. The van der Waals surface area contributed by atoms with Gasteiger partial charge < -0.3 is 14.6 Å². The van der Waals surface area contributed by atoms with Gasteiger partial charge in [0.05, 0.1) is 0 Å². The zero-order chi connectivity index (χ0) is 11.2. The molecule has 4 heteroatoms. The van der Waals surface area contributed by atoms with E-state index in [9.17, 15) is 0 Å². The van der Waals surface area contributed by atoms with Gasteiger partial charge in [-0.2, -0.15) is 0 Å². The largest absolute Gasteiger partial charge is 0.374 e. The van der Waals surface area contributed by atoms with Crippen LogP contribution in [0.15, 0.2) is 12.4 Å². The van der Waals surface area contributed by atoms with Crippen LogP contribution < -0.4 is 5.32 Å². The van der Waals surface area contributed by atoms with E-state index in [2.05, 4.69) is 10.3 Å². The van der Waals surface area contributed by atoms with E-state index >= 15 is 0 Å². The molecule has 2 rings (SSSR count). The van der Waals surface area contributed by atoms with Gasteiger partial charge in [0.15, 0.2) is 0 Å². The highest BCUT2D eigenvalue weighted by Gasteiger charge is 2.12. The van der Waals surface area contributed by atoms with Crippen LogP contribution in [0, 0.1) is 5.92 Å². The number of rotatable bonds is 5. The summed E-state index contributed by atoms with van der Waals surface area (Å²) in [5, 5.41) is 3.43. The normalized spacial score (nSPS) is 21.2. The summed E-state index contributed by atoms with van der Waals surface area (Å²) < 4.78 is 7.65. The summed E-state index contributed by atoms with van der Waals surface area (Å²) in [5.41, 5.74) is 0. The van der Waals surface area contributed by atoms with Crippen molar-refractivity contribution in [2.45, 2.75) is 25.9 Å². The Morgan fingerprint density at radius 3 is 3.25 bits per heavy atom. The first-order valence-electron chi connectivity index (χ1n) is 6.11. The van der Waals surface area contributed by atoms with Gasteiger partial charge in [0.25, 0.3) is 0 Å². The minimum Gasteiger partial charge on any atom is -0.374 e. The summed E-state index contributed by atoms with van der Waals surface area (Å²) in [4.78, 5) is 4.23. The van der Waals surface area contributed by atoms with Gasteiger partial charge in [-0.15, -0.1) is 0 Å². The molecular weight excluding hydrogens is 202 g/mol. The van der Waals surface area contributed by atoms with Crippen LogP contribution >= 0.6 is 0 Å². The summed E-state index contributed by atoms with van der Waals surface area (Å²) in [6, 6.07) is 0. The number of piperidine rings is 1. The maximum absolute atomic E-state index is 5.65. The monoisotopic (exact) mass is 223 g/mol. The first-order chi connectivity index (χ1) is 7.86. The lowest BCUT2D eigenvalue weighted by Gasteiger charge is -2.22. The maximum atomic E-state index is 5.65. The molecule has 0 amide bonds. The molecule has 1 aromatic rings. The highest BCUT2D eigenvalue weighted by atomic mass is 16.5. The Kier molecular flexibility index (Phi) is 4.36. The van der Waals surface area contributed by atoms with Crippen LogP contribution in [-0.2, 0) is 18.4 Å². The van der Waals surface area contributed by atoms with Crippen molar-refractivity contribution in [3.05, 3.63) is 18.2 Å². The lowest BCUT2D eigenvalue weighted by Crippen LogP contribution is -2.30. The van der Waals surface area contributed by atoms with Crippen molar-refractivity contribution < 1.29 is 4.74 Å². The van der Waals surface area contributed by atoms with Crippen LogP contribution in [-0.4, -0.2) is 29.2 Å². The number of ether oxygens (including phenoxy) is 1. The first-order valence-corrected chi connectivity index (χ1v) is 6.11. The molecule has 0 aromatic carbocycles. The van der Waals surface area contributed by atoms with Gasteiger partial charge in [0.1, 0.15) is 12.4 Å². The molecule has 16 heavy (non-hydrogen) atoms. The van der Waals surface area contributed by atoms with Gasteiger partial charge in [0, 0.05) is 26.0 Å². The Morgan fingerprint density at radius 1 is 1.62 bits per heavy atom. The van der Waals surface area contributed by atoms with Crippen LogP contribution in [0.5, 0.6) is 0 Å². The van der Waals surface area contributed by atoms with Crippen molar-refractivity contribution in [2.24, 2.45) is 13.0 Å². The van der Waals surface area contributed by atoms with Crippen molar-refractivity contribution in [3.8, 4) is 0 Å². The van der Waals surface area contributed by atoms with Gasteiger partial charge >= 0.3 is 0 Å². The van der Waals surface area contributed by atoms with Crippen LogP contribution in [0.25, 0.3) is 0 Å². The topological polar surface area (TPSA) is 39.1 Å². The van der Waals surface area contributed by atoms with Gasteiger partial charge in [-0.05, 0) is 38.3 Å². The molecule has 0 radical (unpaired) electrons. The molecule has 4 nitrogen and oxygen atoms in total. The lowest BCUT2D eigenvalue weighted by atomic mass is 9.97. The molecule has 0 spiro atoms. The second-order valence-corrected chi connectivity index (χ2v) is 4.51. The van der Waals surface area contributed by atoms with Gasteiger partial charge in [-0.3, -0.25) is 0 Å². The van der Waals surface area contributed by atoms with Crippen LogP contribution in [0.1, 0.15) is 25.1 Å². The molecule has 1 fully saturated rings. The van der Waals surface area contributed by atoms with Gasteiger partial charge in [-0.25, -0.2) is 4.98 Å².